The Hall–Kier alpha value is -1.44. The van der Waals surface area contributed by atoms with E-state index in [2.05, 4.69) is 17.1 Å². The predicted molar refractivity (Wildman–Crippen MR) is 107 cm³/mol. The van der Waals surface area contributed by atoms with Gasteiger partial charge < -0.3 is 5.32 Å². The Morgan fingerprint density at radius 3 is 2.37 bits per heavy atom. The Balaban J connectivity index is 1.62. The van der Waals surface area contributed by atoms with Gasteiger partial charge in [0.15, 0.2) is 0 Å². The van der Waals surface area contributed by atoms with E-state index in [4.69, 9.17) is 0 Å². The third kappa shape index (κ3) is 4.89. The number of sulfonamides is 1. The van der Waals surface area contributed by atoms with Crippen molar-refractivity contribution in [2.75, 3.05) is 31.5 Å². The van der Waals surface area contributed by atoms with Crippen molar-refractivity contribution in [2.45, 2.75) is 56.9 Å². The van der Waals surface area contributed by atoms with Gasteiger partial charge in [-0.25, -0.2) is 8.42 Å². The fourth-order valence-electron chi connectivity index (χ4n) is 3.95. The van der Waals surface area contributed by atoms with Crippen LogP contribution in [0.25, 0.3) is 0 Å². The molecule has 1 amide bonds. The number of hydrogen-bond donors (Lipinski definition) is 1. The number of carbonyl (C=O) groups is 1. The Kier molecular flexibility index (Phi) is 6.55. The minimum Gasteiger partial charge on any atom is -0.325 e. The largest absolute Gasteiger partial charge is 0.325 e. The molecule has 0 aliphatic carbocycles. The average molecular weight is 394 g/mol. The molecule has 7 heteroatoms. The van der Waals surface area contributed by atoms with Gasteiger partial charge in [-0.15, -0.1) is 0 Å². The molecule has 150 valence electrons. The molecule has 6 nitrogen and oxygen atoms in total. The van der Waals surface area contributed by atoms with Crippen molar-refractivity contribution in [3.05, 3.63) is 24.3 Å². The molecule has 3 rings (SSSR count). The molecule has 1 N–H and O–H groups in total. The van der Waals surface area contributed by atoms with Crippen LogP contribution < -0.4 is 5.32 Å². The smallest absolute Gasteiger partial charge is 0.243 e. The van der Waals surface area contributed by atoms with Gasteiger partial charge in [-0.3, -0.25) is 9.69 Å². The molecular formula is C20H31N3O3S. The highest BCUT2D eigenvalue weighted by Crippen LogP contribution is 2.23. The lowest BCUT2D eigenvalue weighted by Crippen LogP contribution is -2.46. The van der Waals surface area contributed by atoms with Gasteiger partial charge in [0.25, 0.3) is 0 Å². The van der Waals surface area contributed by atoms with Crippen molar-refractivity contribution in [3.8, 4) is 0 Å². The van der Waals surface area contributed by atoms with Gasteiger partial charge >= 0.3 is 0 Å². The zero-order valence-corrected chi connectivity index (χ0v) is 17.2. The molecule has 0 saturated carbocycles. The van der Waals surface area contributed by atoms with Gasteiger partial charge in [0, 0.05) is 25.3 Å². The van der Waals surface area contributed by atoms with Gasteiger partial charge in [-0.1, -0.05) is 13.3 Å². The number of carbonyl (C=O) groups excluding carboxylic acids is 1. The van der Waals surface area contributed by atoms with Crippen LogP contribution in [0.5, 0.6) is 0 Å². The predicted octanol–water partition coefficient (Wildman–Crippen LogP) is 2.92. The molecule has 0 radical (unpaired) electrons. The molecule has 2 heterocycles. The van der Waals surface area contributed by atoms with Crippen molar-refractivity contribution < 1.29 is 13.2 Å². The Labute approximate surface area is 163 Å². The first-order valence-corrected chi connectivity index (χ1v) is 11.5. The fraction of sp³-hybridized carbons (Fsp3) is 0.650. The number of hydrogen-bond acceptors (Lipinski definition) is 4. The number of rotatable bonds is 5. The monoisotopic (exact) mass is 393 g/mol. The van der Waals surface area contributed by atoms with Crippen molar-refractivity contribution in [1.29, 1.82) is 0 Å². The maximum absolute atomic E-state index is 12.7. The zero-order chi connectivity index (χ0) is 19.4. The minimum absolute atomic E-state index is 0.0456. The number of likely N-dealkylation sites (tertiary alicyclic amines) is 1. The first-order valence-electron chi connectivity index (χ1n) is 10.0. The van der Waals surface area contributed by atoms with Gasteiger partial charge in [-0.05, 0) is 69.3 Å². The molecule has 2 fully saturated rings. The standard InChI is InChI=1S/C20H31N3O3S/c1-16-7-6-12-22(15-16)17(2)20(24)21-18-8-10-19(11-9-18)27(25,26)23-13-4-3-5-14-23/h8-11,16-17H,3-7,12-15H2,1-2H3,(H,21,24). The van der Waals surface area contributed by atoms with E-state index in [9.17, 15) is 13.2 Å². The van der Waals surface area contributed by atoms with Crippen LogP contribution in [0.1, 0.15) is 46.0 Å². The molecular weight excluding hydrogens is 362 g/mol. The number of amides is 1. The van der Waals surface area contributed by atoms with Crippen LogP contribution in [0.3, 0.4) is 0 Å². The molecule has 0 aromatic heterocycles. The number of benzene rings is 1. The normalized spacial score (nSPS) is 23.7. The lowest BCUT2D eigenvalue weighted by molar-refractivity contribution is -0.121. The third-order valence-electron chi connectivity index (χ3n) is 5.69. The second-order valence-corrected chi connectivity index (χ2v) is 9.83. The van der Waals surface area contributed by atoms with Crippen molar-refractivity contribution in [1.82, 2.24) is 9.21 Å². The molecule has 0 spiro atoms. The van der Waals surface area contributed by atoms with E-state index >= 15 is 0 Å². The van der Waals surface area contributed by atoms with Crippen molar-refractivity contribution >= 4 is 21.6 Å². The maximum atomic E-state index is 12.7. The van der Waals surface area contributed by atoms with Crippen LogP contribution in [0.2, 0.25) is 0 Å². The molecule has 2 aliphatic heterocycles. The van der Waals surface area contributed by atoms with E-state index in [1.165, 1.54) is 6.42 Å². The molecule has 1 aromatic carbocycles. The van der Waals surface area contributed by atoms with Crippen molar-refractivity contribution in [2.24, 2.45) is 5.92 Å². The fourth-order valence-corrected chi connectivity index (χ4v) is 5.47. The summed E-state index contributed by atoms with van der Waals surface area (Å²) in [6, 6.07) is 6.35. The SMILES string of the molecule is CC1CCCN(C(C)C(=O)Nc2ccc(S(=O)(=O)N3CCCCC3)cc2)C1. The molecule has 2 aliphatic rings. The van der Waals surface area contributed by atoms with Crippen LogP contribution >= 0.6 is 0 Å². The maximum Gasteiger partial charge on any atom is 0.243 e. The molecule has 0 bridgehead atoms. The quantitative estimate of drug-likeness (QED) is 0.835. The molecule has 2 atom stereocenters. The van der Waals surface area contributed by atoms with E-state index in [-0.39, 0.29) is 11.9 Å². The molecule has 1 aromatic rings. The van der Waals surface area contributed by atoms with Gasteiger partial charge in [-0.2, -0.15) is 4.31 Å². The van der Waals surface area contributed by atoms with Crippen LogP contribution in [0.15, 0.2) is 29.2 Å². The van der Waals surface area contributed by atoms with E-state index in [1.807, 2.05) is 6.92 Å². The summed E-state index contributed by atoms with van der Waals surface area (Å²) < 4.78 is 27.0. The van der Waals surface area contributed by atoms with Gasteiger partial charge in [0.05, 0.1) is 10.9 Å². The summed E-state index contributed by atoms with van der Waals surface area (Å²) in [4.78, 5) is 15.1. The van der Waals surface area contributed by atoms with E-state index in [0.29, 0.717) is 29.6 Å². The number of nitrogens with zero attached hydrogens (tertiary/aromatic N) is 2. The van der Waals surface area contributed by atoms with Crippen LogP contribution in [0.4, 0.5) is 5.69 Å². The highest BCUT2D eigenvalue weighted by molar-refractivity contribution is 7.89. The van der Waals surface area contributed by atoms with Crippen LogP contribution in [0, 0.1) is 5.92 Å². The summed E-state index contributed by atoms with van der Waals surface area (Å²) in [5.74, 6) is 0.573. The third-order valence-corrected chi connectivity index (χ3v) is 7.60. The topological polar surface area (TPSA) is 69.7 Å². The van der Waals surface area contributed by atoms with Gasteiger partial charge in [0.2, 0.25) is 15.9 Å². The number of nitrogens with one attached hydrogen (secondary N) is 1. The first-order chi connectivity index (χ1) is 12.9. The number of piperidine rings is 2. The highest BCUT2D eigenvalue weighted by Gasteiger charge is 2.27. The second-order valence-electron chi connectivity index (χ2n) is 7.90. The summed E-state index contributed by atoms with van der Waals surface area (Å²) in [6.45, 7) is 7.23. The first kappa shape index (κ1) is 20.3. The molecule has 2 unspecified atom stereocenters. The summed E-state index contributed by atoms with van der Waals surface area (Å²) in [6.07, 6.45) is 5.27. The Morgan fingerprint density at radius 2 is 1.74 bits per heavy atom. The van der Waals surface area contributed by atoms with Gasteiger partial charge in [0.1, 0.15) is 0 Å². The zero-order valence-electron chi connectivity index (χ0n) is 16.4. The summed E-state index contributed by atoms with van der Waals surface area (Å²) in [7, 11) is -3.43. The van der Waals surface area contributed by atoms with Crippen molar-refractivity contribution in [3.63, 3.8) is 0 Å². The van der Waals surface area contributed by atoms with E-state index < -0.39 is 10.0 Å². The minimum atomic E-state index is -3.43. The summed E-state index contributed by atoms with van der Waals surface area (Å²) in [5.41, 5.74) is 0.634. The second kappa shape index (κ2) is 8.71. The Bertz CT molecular complexity index is 742. The lowest BCUT2D eigenvalue weighted by Gasteiger charge is -2.34. The average Bonchev–Trinajstić information content (AvgIpc) is 2.68. The number of anilines is 1. The van der Waals surface area contributed by atoms with E-state index in [0.717, 1.165) is 38.8 Å². The van der Waals surface area contributed by atoms with Crippen LogP contribution in [-0.2, 0) is 14.8 Å². The summed E-state index contributed by atoms with van der Waals surface area (Å²) in [5, 5.41) is 2.92. The lowest BCUT2D eigenvalue weighted by atomic mass is 9.99. The summed E-state index contributed by atoms with van der Waals surface area (Å²) >= 11 is 0. The highest BCUT2D eigenvalue weighted by atomic mass is 32.2. The van der Waals surface area contributed by atoms with Crippen LogP contribution in [-0.4, -0.2) is 55.8 Å². The molecule has 2 saturated heterocycles. The van der Waals surface area contributed by atoms with E-state index in [1.54, 1.807) is 28.6 Å². The molecule has 27 heavy (non-hydrogen) atoms. The Morgan fingerprint density at radius 1 is 1.07 bits per heavy atom.